The molecular weight excluding hydrogens is 463 g/mol. The molecule has 1 heterocycles. The van der Waals surface area contributed by atoms with E-state index < -0.39 is 0 Å². The van der Waals surface area contributed by atoms with E-state index in [4.69, 9.17) is 34.8 Å². The minimum absolute atomic E-state index is 0.0167. The van der Waals surface area contributed by atoms with E-state index in [0.717, 1.165) is 0 Å². The Labute approximate surface area is 192 Å². The van der Waals surface area contributed by atoms with Gasteiger partial charge in [-0.25, -0.2) is 4.99 Å². The Kier molecular flexibility index (Phi) is 6.06. The number of hydrogen-bond acceptors (Lipinski definition) is 4. The van der Waals surface area contributed by atoms with Crippen molar-refractivity contribution in [3.63, 3.8) is 0 Å². The summed E-state index contributed by atoms with van der Waals surface area (Å²) in [6.45, 7) is 0. The zero-order valence-electron chi connectivity index (χ0n) is 15.2. The summed E-state index contributed by atoms with van der Waals surface area (Å²) in [5.74, 6) is -0.240. The Morgan fingerprint density at radius 1 is 0.900 bits per heavy atom. The quantitative estimate of drug-likeness (QED) is 0.409. The lowest BCUT2D eigenvalue weighted by molar-refractivity contribution is -0.113. The molecule has 8 heteroatoms. The molecule has 0 aromatic heterocycles. The summed E-state index contributed by atoms with van der Waals surface area (Å²) in [6.07, 6.45) is 1.71. The summed E-state index contributed by atoms with van der Waals surface area (Å²) in [4.78, 5) is 19.9. The third-order valence-corrected chi connectivity index (χ3v) is 5.99. The molecule has 4 rings (SSSR count). The highest BCUT2D eigenvalue weighted by Gasteiger charge is 2.34. The van der Waals surface area contributed by atoms with Crippen LogP contribution in [0.15, 0.2) is 76.6 Å². The molecular formula is C22H13Cl3N2O2S. The summed E-state index contributed by atoms with van der Waals surface area (Å²) >= 11 is 19.2. The normalized spacial score (nSPS) is 16.6. The molecule has 0 unspecified atom stereocenters. The molecule has 0 atom stereocenters. The first-order valence-corrected chi connectivity index (χ1v) is 10.7. The molecule has 0 aliphatic carbocycles. The highest BCUT2D eigenvalue weighted by Crippen LogP contribution is 2.38. The lowest BCUT2D eigenvalue weighted by Gasteiger charge is -2.15. The zero-order valence-corrected chi connectivity index (χ0v) is 18.3. The molecule has 0 radical (unpaired) electrons. The highest BCUT2D eigenvalue weighted by atomic mass is 35.5. The fourth-order valence-electron chi connectivity index (χ4n) is 2.76. The van der Waals surface area contributed by atoms with Crippen molar-refractivity contribution in [2.24, 2.45) is 4.99 Å². The number of halogens is 3. The van der Waals surface area contributed by atoms with Gasteiger partial charge in [0, 0.05) is 10.0 Å². The maximum atomic E-state index is 13.2. The number of aromatic hydroxyl groups is 1. The van der Waals surface area contributed by atoms with E-state index >= 15 is 0 Å². The summed E-state index contributed by atoms with van der Waals surface area (Å²) in [5.41, 5.74) is 2.01. The summed E-state index contributed by atoms with van der Waals surface area (Å²) in [7, 11) is 0. The Morgan fingerprint density at radius 3 is 2.17 bits per heavy atom. The van der Waals surface area contributed by atoms with Crippen LogP contribution in [-0.2, 0) is 4.79 Å². The van der Waals surface area contributed by atoms with Gasteiger partial charge in [-0.2, -0.15) is 0 Å². The largest absolute Gasteiger partial charge is 0.506 e. The number of amidine groups is 1. The predicted molar refractivity (Wildman–Crippen MR) is 126 cm³/mol. The fraction of sp³-hybridized carbons (Fsp3) is 0. The van der Waals surface area contributed by atoms with Crippen molar-refractivity contribution in [3.8, 4) is 5.75 Å². The Morgan fingerprint density at radius 2 is 1.53 bits per heavy atom. The van der Waals surface area contributed by atoms with Crippen molar-refractivity contribution in [3.05, 3.63) is 92.3 Å². The Balaban J connectivity index is 1.77. The van der Waals surface area contributed by atoms with Crippen LogP contribution in [0.25, 0.3) is 6.08 Å². The first kappa shape index (κ1) is 20.8. The van der Waals surface area contributed by atoms with Crippen LogP contribution in [0.1, 0.15) is 5.56 Å². The van der Waals surface area contributed by atoms with Crippen LogP contribution in [0.3, 0.4) is 0 Å². The monoisotopic (exact) mass is 474 g/mol. The molecule has 1 fully saturated rings. The number of rotatable bonds is 3. The SMILES string of the molecule is O=C1/C(=C/c2ccc(O)c(Cl)c2)SC(=Nc2ccc(Cl)cc2)N1c1ccc(Cl)cc1. The second kappa shape index (κ2) is 8.74. The zero-order chi connectivity index (χ0) is 21.3. The molecule has 150 valence electrons. The van der Waals surface area contributed by atoms with Crippen LogP contribution in [-0.4, -0.2) is 16.2 Å². The van der Waals surface area contributed by atoms with E-state index in [0.29, 0.717) is 37.1 Å². The molecule has 1 saturated heterocycles. The van der Waals surface area contributed by atoms with Crippen LogP contribution in [0.2, 0.25) is 15.1 Å². The molecule has 3 aromatic rings. The molecule has 1 N–H and O–H groups in total. The molecule has 30 heavy (non-hydrogen) atoms. The lowest BCUT2D eigenvalue weighted by atomic mass is 10.2. The van der Waals surface area contributed by atoms with Crippen LogP contribution >= 0.6 is 46.6 Å². The van der Waals surface area contributed by atoms with Gasteiger partial charge >= 0.3 is 0 Å². The molecule has 0 bridgehead atoms. The topological polar surface area (TPSA) is 52.9 Å². The number of carbonyl (C=O) groups is 1. The third kappa shape index (κ3) is 4.50. The van der Waals surface area contributed by atoms with Gasteiger partial charge < -0.3 is 5.11 Å². The first-order chi connectivity index (χ1) is 14.4. The van der Waals surface area contributed by atoms with Crippen molar-refractivity contribution in [1.82, 2.24) is 0 Å². The Bertz CT molecular complexity index is 1180. The maximum Gasteiger partial charge on any atom is 0.271 e. The van der Waals surface area contributed by atoms with Gasteiger partial charge in [0.2, 0.25) is 0 Å². The van der Waals surface area contributed by atoms with Gasteiger partial charge in [0.15, 0.2) is 5.17 Å². The van der Waals surface area contributed by atoms with E-state index in [-0.39, 0.29) is 16.7 Å². The molecule has 4 nitrogen and oxygen atoms in total. The molecule has 1 amide bonds. The van der Waals surface area contributed by atoms with Crippen molar-refractivity contribution in [2.75, 3.05) is 4.90 Å². The van der Waals surface area contributed by atoms with Crippen molar-refractivity contribution in [1.29, 1.82) is 0 Å². The number of phenols is 1. The van der Waals surface area contributed by atoms with Crippen molar-refractivity contribution in [2.45, 2.75) is 0 Å². The molecule has 0 spiro atoms. The molecule has 1 aliphatic heterocycles. The van der Waals surface area contributed by atoms with Gasteiger partial charge in [-0.3, -0.25) is 9.69 Å². The maximum absolute atomic E-state index is 13.2. The number of anilines is 1. The second-order valence-corrected chi connectivity index (χ2v) is 8.60. The van der Waals surface area contributed by atoms with Crippen LogP contribution in [0, 0.1) is 0 Å². The third-order valence-electron chi connectivity index (χ3n) is 4.21. The van der Waals surface area contributed by atoms with Crippen LogP contribution in [0.4, 0.5) is 11.4 Å². The van der Waals surface area contributed by atoms with E-state index in [9.17, 15) is 9.90 Å². The van der Waals surface area contributed by atoms with E-state index in [1.54, 1.807) is 66.7 Å². The summed E-state index contributed by atoms with van der Waals surface area (Å²) < 4.78 is 0. The van der Waals surface area contributed by atoms with Gasteiger partial charge in [0.1, 0.15) is 5.75 Å². The average molecular weight is 476 g/mol. The summed E-state index contributed by atoms with van der Waals surface area (Å²) in [6, 6.07) is 18.8. The predicted octanol–water partition coefficient (Wildman–Crippen LogP) is 7.16. The molecule has 0 saturated carbocycles. The highest BCUT2D eigenvalue weighted by molar-refractivity contribution is 8.19. The van der Waals surface area contributed by atoms with Gasteiger partial charge in [-0.1, -0.05) is 40.9 Å². The number of amides is 1. The van der Waals surface area contributed by atoms with E-state index in [2.05, 4.69) is 4.99 Å². The van der Waals surface area contributed by atoms with E-state index in [1.807, 2.05) is 0 Å². The number of hydrogen-bond donors (Lipinski definition) is 1. The smallest absolute Gasteiger partial charge is 0.271 e. The van der Waals surface area contributed by atoms with Gasteiger partial charge in [-0.15, -0.1) is 0 Å². The average Bonchev–Trinajstić information content (AvgIpc) is 3.02. The van der Waals surface area contributed by atoms with Gasteiger partial charge in [0.05, 0.1) is 21.3 Å². The van der Waals surface area contributed by atoms with Crippen LogP contribution < -0.4 is 4.90 Å². The van der Waals surface area contributed by atoms with Gasteiger partial charge in [-0.05, 0) is 84.1 Å². The number of carbonyl (C=O) groups excluding carboxylic acids is 1. The number of phenolic OH excluding ortho intramolecular Hbond substituents is 1. The minimum Gasteiger partial charge on any atom is -0.506 e. The number of aliphatic imine (C=N–C) groups is 1. The van der Waals surface area contributed by atoms with Crippen LogP contribution in [0.5, 0.6) is 5.75 Å². The van der Waals surface area contributed by atoms with E-state index in [1.165, 1.54) is 22.7 Å². The molecule has 1 aliphatic rings. The minimum atomic E-state index is -0.223. The Hall–Kier alpha value is -2.44. The number of thioether (sulfide) groups is 1. The molecule has 3 aromatic carbocycles. The van der Waals surface area contributed by atoms with Gasteiger partial charge in [0.25, 0.3) is 5.91 Å². The lowest BCUT2D eigenvalue weighted by Crippen LogP contribution is -2.28. The fourth-order valence-corrected chi connectivity index (χ4v) is 4.20. The summed E-state index contributed by atoms with van der Waals surface area (Å²) in [5, 5.41) is 11.5. The van der Waals surface area contributed by atoms with Crippen molar-refractivity contribution < 1.29 is 9.90 Å². The number of benzene rings is 3. The number of nitrogens with zero attached hydrogens (tertiary/aromatic N) is 2. The standard InChI is InChI=1S/C22H13Cl3N2O2S/c23-14-2-6-16(7-3-14)26-22-27(17-8-4-15(24)5-9-17)21(29)20(30-22)12-13-1-10-19(28)18(25)11-13/h1-12,28H/b20-12-,26-22?. The first-order valence-electron chi connectivity index (χ1n) is 8.73. The van der Waals surface area contributed by atoms with Crippen molar-refractivity contribution >= 4 is 75.1 Å². The second-order valence-electron chi connectivity index (χ2n) is 6.31.